The summed E-state index contributed by atoms with van der Waals surface area (Å²) in [7, 11) is 1.58. The second-order valence-electron chi connectivity index (χ2n) is 6.69. The molecule has 0 unspecified atom stereocenters. The van der Waals surface area contributed by atoms with Crippen molar-refractivity contribution in [1.29, 1.82) is 0 Å². The minimum atomic E-state index is -0.510. The number of carbonyl (C=O) groups is 2. The number of ether oxygens (including phenoxy) is 2. The van der Waals surface area contributed by atoms with E-state index in [2.05, 4.69) is 15.5 Å². The number of methoxy groups -OCH3 is 1. The summed E-state index contributed by atoms with van der Waals surface area (Å²) in [6, 6.07) is 5.20. The summed E-state index contributed by atoms with van der Waals surface area (Å²) >= 11 is 1.23. The first-order valence-corrected chi connectivity index (χ1v) is 10.6. The third-order valence-electron chi connectivity index (χ3n) is 4.71. The number of rotatable bonds is 7. The standard InChI is InChI=1S/C19H25N5O4S/c1-4-28-18(26)14-7-5-6-10-23(14)17(25)12-29-19-20-21-22-24(19)15-11-13(2)8-9-16(15)27-3/h8-9,11,14H,4-7,10,12H2,1-3H3/t14-/m1/s1. The van der Waals surface area contributed by atoms with E-state index in [1.54, 1.807) is 23.6 Å². The molecule has 1 fully saturated rings. The van der Waals surface area contributed by atoms with Gasteiger partial charge in [0.15, 0.2) is 0 Å². The molecule has 1 aliphatic rings. The molecule has 0 bridgehead atoms. The van der Waals surface area contributed by atoms with E-state index >= 15 is 0 Å². The van der Waals surface area contributed by atoms with Crippen LogP contribution in [0.4, 0.5) is 0 Å². The van der Waals surface area contributed by atoms with Crippen molar-refractivity contribution in [3.8, 4) is 11.4 Å². The van der Waals surface area contributed by atoms with Gasteiger partial charge in [0.2, 0.25) is 11.1 Å². The van der Waals surface area contributed by atoms with Crippen molar-refractivity contribution in [3.05, 3.63) is 23.8 Å². The number of piperidine rings is 1. The van der Waals surface area contributed by atoms with Gasteiger partial charge in [-0.3, -0.25) is 4.79 Å². The largest absolute Gasteiger partial charge is 0.494 e. The van der Waals surface area contributed by atoms with Crippen LogP contribution >= 0.6 is 11.8 Å². The highest BCUT2D eigenvalue weighted by Gasteiger charge is 2.33. The molecule has 0 N–H and O–H groups in total. The van der Waals surface area contributed by atoms with Gasteiger partial charge in [0.1, 0.15) is 17.5 Å². The molecule has 0 radical (unpaired) electrons. The van der Waals surface area contributed by atoms with Crippen LogP contribution in [0, 0.1) is 6.92 Å². The number of likely N-dealkylation sites (tertiary alicyclic amines) is 1. The molecular formula is C19H25N5O4S. The fourth-order valence-electron chi connectivity index (χ4n) is 3.31. The predicted octanol–water partition coefficient (Wildman–Crippen LogP) is 2.02. The highest BCUT2D eigenvalue weighted by Crippen LogP contribution is 2.27. The lowest BCUT2D eigenvalue weighted by molar-refractivity contribution is -0.155. The first kappa shape index (κ1) is 21.1. The van der Waals surface area contributed by atoms with Crippen molar-refractivity contribution in [2.45, 2.75) is 44.3 Å². The number of carbonyl (C=O) groups excluding carboxylic acids is 2. The summed E-state index contributed by atoms with van der Waals surface area (Å²) in [4.78, 5) is 26.7. The van der Waals surface area contributed by atoms with Crippen LogP contribution in [0.3, 0.4) is 0 Å². The van der Waals surface area contributed by atoms with Gasteiger partial charge in [-0.15, -0.1) is 5.10 Å². The number of esters is 1. The first-order chi connectivity index (χ1) is 14.0. The van der Waals surface area contributed by atoms with Crippen LogP contribution in [0.25, 0.3) is 5.69 Å². The van der Waals surface area contributed by atoms with E-state index in [1.165, 1.54) is 11.8 Å². The van der Waals surface area contributed by atoms with Crippen molar-refractivity contribution in [2.75, 3.05) is 26.0 Å². The summed E-state index contributed by atoms with van der Waals surface area (Å²) in [6.45, 7) is 4.59. The van der Waals surface area contributed by atoms with E-state index in [0.717, 1.165) is 18.4 Å². The number of nitrogens with zero attached hydrogens (tertiary/aromatic N) is 5. The van der Waals surface area contributed by atoms with Crippen molar-refractivity contribution in [3.63, 3.8) is 0 Å². The smallest absolute Gasteiger partial charge is 0.328 e. The van der Waals surface area contributed by atoms with Crippen LogP contribution in [-0.4, -0.2) is 69.0 Å². The number of tetrazole rings is 1. The molecule has 0 spiro atoms. The summed E-state index contributed by atoms with van der Waals surface area (Å²) in [6.07, 6.45) is 2.42. The van der Waals surface area contributed by atoms with Gasteiger partial charge in [0.25, 0.3) is 0 Å². The molecule has 1 atom stereocenters. The fraction of sp³-hybridized carbons (Fsp3) is 0.526. The molecule has 1 aliphatic heterocycles. The summed E-state index contributed by atoms with van der Waals surface area (Å²) in [5, 5.41) is 12.3. The molecule has 3 rings (SSSR count). The van der Waals surface area contributed by atoms with E-state index in [-0.39, 0.29) is 17.6 Å². The highest BCUT2D eigenvalue weighted by molar-refractivity contribution is 7.99. The number of thioether (sulfide) groups is 1. The minimum absolute atomic E-state index is 0.126. The van der Waals surface area contributed by atoms with Crippen LogP contribution in [-0.2, 0) is 14.3 Å². The second kappa shape index (κ2) is 9.73. The molecule has 2 aromatic rings. The van der Waals surface area contributed by atoms with Crippen LogP contribution in [0.2, 0.25) is 0 Å². The van der Waals surface area contributed by atoms with Crippen molar-refractivity contribution < 1.29 is 19.1 Å². The zero-order chi connectivity index (χ0) is 20.8. The van der Waals surface area contributed by atoms with Crippen LogP contribution in [0.1, 0.15) is 31.7 Å². The van der Waals surface area contributed by atoms with E-state index < -0.39 is 6.04 Å². The summed E-state index contributed by atoms with van der Waals surface area (Å²) < 4.78 is 12.1. The van der Waals surface area contributed by atoms with E-state index in [4.69, 9.17) is 9.47 Å². The molecule has 9 nitrogen and oxygen atoms in total. The van der Waals surface area contributed by atoms with Gasteiger partial charge in [-0.05, 0) is 61.2 Å². The SMILES string of the molecule is CCOC(=O)[C@H]1CCCCN1C(=O)CSc1nnnn1-c1cc(C)ccc1OC. The Morgan fingerprint density at radius 1 is 1.31 bits per heavy atom. The van der Waals surface area contributed by atoms with Gasteiger partial charge in [-0.25, -0.2) is 4.79 Å². The molecule has 0 aliphatic carbocycles. The monoisotopic (exact) mass is 419 g/mol. The Hall–Kier alpha value is -2.62. The van der Waals surface area contributed by atoms with Crippen LogP contribution in [0.5, 0.6) is 5.75 Å². The lowest BCUT2D eigenvalue weighted by Crippen LogP contribution is -2.49. The Bertz CT molecular complexity index is 872. The van der Waals surface area contributed by atoms with Gasteiger partial charge in [-0.1, -0.05) is 17.8 Å². The number of amides is 1. The topological polar surface area (TPSA) is 99.4 Å². The van der Waals surface area contributed by atoms with Gasteiger partial charge < -0.3 is 14.4 Å². The van der Waals surface area contributed by atoms with Gasteiger partial charge in [0, 0.05) is 6.54 Å². The third kappa shape index (κ3) is 4.87. The normalized spacial score (nSPS) is 16.5. The second-order valence-corrected chi connectivity index (χ2v) is 7.63. The number of aryl methyl sites for hydroxylation is 1. The number of aromatic nitrogens is 4. The van der Waals surface area contributed by atoms with E-state index in [1.807, 2.05) is 25.1 Å². The Labute approximate surface area is 173 Å². The zero-order valence-electron chi connectivity index (χ0n) is 16.8. The molecule has 29 heavy (non-hydrogen) atoms. The quantitative estimate of drug-likeness (QED) is 0.496. The van der Waals surface area contributed by atoms with Crippen LogP contribution in [0.15, 0.2) is 23.4 Å². The average Bonchev–Trinajstić information content (AvgIpc) is 3.20. The molecular weight excluding hydrogens is 394 g/mol. The molecule has 2 heterocycles. The number of benzene rings is 1. The Balaban J connectivity index is 1.72. The van der Waals surface area contributed by atoms with Gasteiger partial charge in [-0.2, -0.15) is 4.68 Å². The minimum Gasteiger partial charge on any atom is -0.494 e. The Morgan fingerprint density at radius 3 is 2.90 bits per heavy atom. The fourth-order valence-corrected chi connectivity index (χ4v) is 4.08. The van der Waals surface area contributed by atoms with Crippen LogP contribution < -0.4 is 4.74 Å². The summed E-state index contributed by atoms with van der Waals surface area (Å²) in [5.41, 5.74) is 1.74. The van der Waals surface area contributed by atoms with E-state index in [9.17, 15) is 9.59 Å². The molecule has 0 saturated carbocycles. The maximum Gasteiger partial charge on any atom is 0.328 e. The van der Waals surface area contributed by atoms with Gasteiger partial charge in [0.05, 0.1) is 19.5 Å². The number of hydrogen-bond acceptors (Lipinski definition) is 8. The molecule has 1 aromatic heterocycles. The Morgan fingerprint density at radius 2 is 2.14 bits per heavy atom. The van der Waals surface area contributed by atoms with Crippen molar-refractivity contribution in [2.24, 2.45) is 0 Å². The molecule has 1 amide bonds. The van der Waals surface area contributed by atoms with Crippen molar-refractivity contribution in [1.82, 2.24) is 25.1 Å². The molecule has 1 aromatic carbocycles. The average molecular weight is 420 g/mol. The molecule has 10 heteroatoms. The van der Waals surface area contributed by atoms with E-state index in [0.29, 0.717) is 36.2 Å². The van der Waals surface area contributed by atoms with Crippen molar-refractivity contribution >= 4 is 23.6 Å². The first-order valence-electron chi connectivity index (χ1n) is 9.57. The maximum absolute atomic E-state index is 12.8. The lowest BCUT2D eigenvalue weighted by atomic mass is 10.0. The maximum atomic E-state index is 12.8. The Kier molecular flexibility index (Phi) is 7.08. The third-order valence-corrected chi connectivity index (χ3v) is 5.61. The molecule has 1 saturated heterocycles. The summed E-state index contributed by atoms with van der Waals surface area (Å²) in [5.74, 6) is 0.303. The lowest BCUT2D eigenvalue weighted by Gasteiger charge is -2.33. The van der Waals surface area contributed by atoms with Gasteiger partial charge >= 0.3 is 5.97 Å². The molecule has 156 valence electrons. The number of hydrogen-bond donors (Lipinski definition) is 0. The highest BCUT2D eigenvalue weighted by atomic mass is 32.2. The predicted molar refractivity (Wildman–Crippen MR) is 107 cm³/mol. The zero-order valence-corrected chi connectivity index (χ0v) is 17.6.